The van der Waals surface area contributed by atoms with Gasteiger partial charge in [-0.2, -0.15) is 10.5 Å². The molecule has 2 aromatic rings. The van der Waals surface area contributed by atoms with Gasteiger partial charge in [-0.3, -0.25) is 5.43 Å². The molecule has 4 rings (SSSR count). The molecule has 2 aliphatic rings. The number of fused-ring (bicyclic) bond motifs is 1. The lowest BCUT2D eigenvalue weighted by Gasteiger charge is -2.37. The Morgan fingerprint density at radius 2 is 1.87 bits per heavy atom. The third-order valence-electron chi connectivity index (χ3n) is 6.82. The molecule has 3 N–H and O–H groups in total. The van der Waals surface area contributed by atoms with Crippen molar-refractivity contribution in [3.05, 3.63) is 70.0 Å². The molecule has 1 saturated carbocycles. The molecule has 0 spiro atoms. The molecule has 1 aliphatic carbocycles. The van der Waals surface area contributed by atoms with E-state index in [2.05, 4.69) is 40.4 Å². The van der Waals surface area contributed by atoms with E-state index in [1.165, 1.54) is 0 Å². The maximum absolute atomic E-state index is 15.2. The van der Waals surface area contributed by atoms with Gasteiger partial charge in [0, 0.05) is 18.5 Å². The molecule has 0 radical (unpaired) electrons. The van der Waals surface area contributed by atoms with E-state index >= 15 is 4.39 Å². The minimum absolute atomic E-state index is 0.0928. The van der Waals surface area contributed by atoms with E-state index in [1.54, 1.807) is 6.07 Å². The van der Waals surface area contributed by atoms with Crippen molar-refractivity contribution in [3.8, 4) is 12.1 Å². The predicted molar refractivity (Wildman–Crippen MR) is 117 cm³/mol. The van der Waals surface area contributed by atoms with Gasteiger partial charge >= 0.3 is 0 Å². The number of hydrogen-bond donors (Lipinski definition) is 3. The SMILES string of the molecule is CNCc1cc(C)c(C2CC3C(CC2C#N)NNC3c2ccc(CC#N)cc2)c(F)c1. The number of nitrogens with zero attached hydrogens (tertiary/aromatic N) is 2. The molecule has 5 unspecified atom stereocenters. The van der Waals surface area contributed by atoms with E-state index in [0.717, 1.165) is 28.7 Å². The van der Waals surface area contributed by atoms with E-state index in [-0.39, 0.29) is 35.7 Å². The van der Waals surface area contributed by atoms with Crippen LogP contribution < -0.4 is 16.2 Å². The first-order chi connectivity index (χ1) is 15.0. The average Bonchev–Trinajstić information content (AvgIpc) is 3.16. The smallest absolute Gasteiger partial charge is 0.127 e. The zero-order valence-corrected chi connectivity index (χ0v) is 18.0. The van der Waals surface area contributed by atoms with E-state index < -0.39 is 0 Å². The van der Waals surface area contributed by atoms with Crippen molar-refractivity contribution >= 4 is 0 Å². The molecule has 0 bridgehead atoms. The van der Waals surface area contributed by atoms with Gasteiger partial charge in [0.1, 0.15) is 5.82 Å². The molecular weight excluding hydrogens is 389 g/mol. The number of hydrogen-bond acceptors (Lipinski definition) is 5. The minimum Gasteiger partial charge on any atom is -0.316 e. The number of hydrazine groups is 1. The Balaban J connectivity index is 1.62. The van der Waals surface area contributed by atoms with E-state index in [9.17, 15) is 5.26 Å². The Hall–Kier alpha value is -2.77. The zero-order chi connectivity index (χ0) is 22.0. The summed E-state index contributed by atoms with van der Waals surface area (Å²) in [5.41, 5.74) is 11.5. The summed E-state index contributed by atoms with van der Waals surface area (Å²) in [6.07, 6.45) is 1.84. The summed E-state index contributed by atoms with van der Waals surface area (Å²) in [5.74, 6) is -0.301. The van der Waals surface area contributed by atoms with Gasteiger partial charge in [0.05, 0.1) is 30.5 Å². The largest absolute Gasteiger partial charge is 0.316 e. The molecular formula is C25H28FN5. The van der Waals surface area contributed by atoms with E-state index in [4.69, 9.17) is 5.26 Å². The van der Waals surface area contributed by atoms with Crippen molar-refractivity contribution in [1.29, 1.82) is 10.5 Å². The minimum atomic E-state index is -0.226. The third-order valence-corrected chi connectivity index (χ3v) is 6.82. The second kappa shape index (κ2) is 9.16. The standard InChI is InChI=1S/C25H28FN5/c1-15-9-17(14-29-2)10-22(26)24(15)20-12-21-23(11-19(20)13-28)30-31-25(21)18-5-3-16(4-6-18)7-8-27/h3-6,9-10,19-21,23,25,29-31H,7,11-12,14H2,1-2H3. The molecule has 160 valence electrons. The van der Waals surface area contributed by atoms with Crippen LogP contribution in [0.3, 0.4) is 0 Å². The number of aryl methyl sites for hydroxylation is 1. The van der Waals surface area contributed by atoms with Gasteiger partial charge in [-0.05, 0) is 66.6 Å². The van der Waals surface area contributed by atoms with Crippen molar-refractivity contribution in [2.45, 2.75) is 50.7 Å². The van der Waals surface area contributed by atoms with E-state index in [0.29, 0.717) is 24.9 Å². The van der Waals surface area contributed by atoms with Gasteiger partial charge in [-0.15, -0.1) is 0 Å². The van der Waals surface area contributed by atoms with Gasteiger partial charge in [0.15, 0.2) is 0 Å². The van der Waals surface area contributed by atoms with Crippen molar-refractivity contribution in [3.63, 3.8) is 0 Å². The summed E-state index contributed by atoms with van der Waals surface area (Å²) >= 11 is 0. The van der Waals surface area contributed by atoms with Gasteiger partial charge in [-0.1, -0.05) is 30.3 Å². The van der Waals surface area contributed by atoms with Crippen LogP contribution in [0.25, 0.3) is 0 Å². The van der Waals surface area contributed by atoms with Crippen LogP contribution in [-0.4, -0.2) is 13.1 Å². The number of nitriles is 2. The summed E-state index contributed by atoms with van der Waals surface area (Å²) in [4.78, 5) is 0. The lowest BCUT2D eigenvalue weighted by atomic mass is 9.66. The highest BCUT2D eigenvalue weighted by atomic mass is 19.1. The maximum atomic E-state index is 15.2. The molecule has 2 fully saturated rings. The Labute approximate surface area is 183 Å². The summed E-state index contributed by atoms with van der Waals surface area (Å²) in [7, 11) is 1.85. The Morgan fingerprint density at radius 3 is 2.52 bits per heavy atom. The monoisotopic (exact) mass is 417 g/mol. The fourth-order valence-corrected chi connectivity index (χ4v) is 5.40. The van der Waals surface area contributed by atoms with Crippen molar-refractivity contribution in [2.75, 3.05) is 7.05 Å². The van der Waals surface area contributed by atoms with Crippen molar-refractivity contribution < 1.29 is 4.39 Å². The highest BCUT2D eigenvalue weighted by molar-refractivity contribution is 5.38. The van der Waals surface area contributed by atoms with Crippen molar-refractivity contribution in [2.24, 2.45) is 11.8 Å². The first-order valence-electron chi connectivity index (χ1n) is 10.9. The zero-order valence-electron chi connectivity index (χ0n) is 18.0. The van der Waals surface area contributed by atoms with E-state index in [1.807, 2.05) is 32.2 Å². The third kappa shape index (κ3) is 4.20. The summed E-state index contributed by atoms with van der Waals surface area (Å²) in [6, 6.07) is 16.7. The molecule has 0 amide bonds. The highest BCUT2D eigenvalue weighted by Gasteiger charge is 2.46. The Bertz CT molecular complexity index is 997. The molecule has 5 nitrogen and oxygen atoms in total. The second-order valence-corrected chi connectivity index (χ2v) is 8.77. The molecule has 2 aromatic carbocycles. The molecule has 1 saturated heterocycles. The predicted octanol–water partition coefficient (Wildman–Crippen LogP) is 3.77. The van der Waals surface area contributed by atoms with Gasteiger partial charge in [-0.25, -0.2) is 9.82 Å². The van der Waals surface area contributed by atoms with Crippen LogP contribution in [0.4, 0.5) is 4.39 Å². The van der Waals surface area contributed by atoms with Crippen LogP contribution in [0.15, 0.2) is 36.4 Å². The fourth-order valence-electron chi connectivity index (χ4n) is 5.40. The molecule has 1 aliphatic heterocycles. The Kier molecular flexibility index (Phi) is 6.34. The maximum Gasteiger partial charge on any atom is 0.127 e. The van der Waals surface area contributed by atoms with Crippen LogP contribution >= 0.6 is 0 Å². The average molecular weight is 418 g/mol. The number of halogens is 1. The first-order valence-corrected chi connectivity index (χ1v) is 10.9. The summed E-state index contributed by atoms with van der Waals surface area (Å²) in [6.45, 7) is 2.57. The Morgan fingerprint density at radius 1 is 1.10 bits per heavy atom. The van der Waals surface area contributed by atoms with Crippen molar-refractivity contribution in [1.82, 2.24) is 16.2 Å². The van der Waals surface area contributed by atoms with Crippen LogP contribution in [0.5, 0.6) is 0 Å². The van der Waals surface area contributed by atoms with Gasteiger partial charge < -0.3 is 5.32 Å². The fraction of sp³-hybridized carbons (Fsp3) is 0.440. The normalized spacial score (nSPS) is 27.3. The lowest BCUT2D eigenvalue weighted by molar-refractivity contribution is 0.234. The van der Waals surface area contributed by atoms with Crippen LogP contribution in [0.1, 0.15) is 52.6 Å². The quantitative estimate of drug-likeness (QED) is 0.690. The van der Waals surface area contributed by atoms with Gasteiger partial charge in [0.25, 0.3) is 0 Å². The summed E-state index contributed by atoms with van der Waals surface area (Å²) in [5, 5.41) is 21.8. The van der Waals surface area contributed by atoms with Gasteiger partial charge in [0.2, 0.25) is 0 Å². The molecule has 0 aromatic heterocycles. The second-order valence-electron chi connectivity index (χ2n) is 8.77. The number of rotatable bonds is 5. The summed E-state index contributed by atoms with van der Waals surface area (Å²) < 4.78 is 15.2. The van der Waals surface area contributed by atoms with Crippen LogP contribution in [-0.2, 0) is 13.0 Å². The lowest BCUT2D eigenvalue weighted by Crippen LogP contribution is -2.39. The van der Waals surface area contributed by atoms with Crippen LogP contribution in [0, 0.1) is 47.2 Å². The first kappa shape index (κ1) is 21.5. The molecule has 1 heterocycles. The molecule has 6 heteroatoms. The highest BCUT2D eigenvalue weighted by Crippen LogP contribution is 2.48. The number of nitrogens with one attached hydrogen (secondary N) is 3. The van der Waals surface area contributed by atoms with Crippen LogP contribution in [0.2, 0.25) is 0 Å². The molecule has 31 heavy (non-hydrogen) atoms. The molecule has 5 atom stereocenters. The number of benzene rings is 2. The topological polar surface area (TPSA) is 83.7 Å².